The molecule has 5 nitrogen and oxygen atoms in total. The van der Waals surface area contributed by atoms with E-state index in [-0.39, 0.29) is 29.9 Å². The van der Waals surface area contributed by atoms with Crippen LogP contribution in [0.15, 0.2) is 34.2 Å². The Bertz CT molecular complexity index is 537. The van der Waals surface area contributed by atoms with Gasteiger partial charge in [-0.05, 0) is 38.1 Å². The van der Waals surface area contributed by atoms with Gasteiger partial charge in [-0.15, -0.1) is 35.7 Å². The van der Waals surface area contributed by atoms with Crippen LogP contribution in [-0.4, -0.2) is 44.8 Å². The van der Waals surface area contributed by atoms with Crippen molar-refractivity contribution in [2.45, 2.75) is 18.7 Å². The second kappa shape index (κ2) is 11.8. The maximum absolute atomic E-state index is 11.8. The third-order valence-electron chi connectivity index (χ3n) is 3.24. The molecule has 1 aromatic rings. The predicted molar refractivity (Wildman–Crippen MR) is 115 cm³/mol. The van der Waals surface area contributed by atoms with Gasteiger partial charge in [-0.2, -0.15) is 0 Å². The Kier molecular flexibility index (Phi) is 11.5. The van der Waals surface area contributed by atoms with Gasteiger partial charge in [0.25, 0.3) is 0 Å². The van der Waals surface area contributed by atoms with E-state index in [1.165, 1.54) is 4.90 Å². The summed E-state index contributed by atoms with van der Waals surface area (Å²) in [5.74, 6) is 1.60. The summed E-state index contributed by atoms with van der Waals surface area (Å²) in [6.45, 7) is 5.06. The molecule has 8 heteroatoms. The van der Waals surface area contributed by atoms with E-state index in [4.69, 9.17) is 11.6 Å². The molecule has 136 valence electrons. The number of nitrogens with one attached hydrogen (secondary N) is 3. The zero-order valence-corrected chi connectivity index (χ0v) is 18.4. The van der Waals surface area contributed by atoms with E-state index in [9.17, 15) is 4.79 Å². The highest BCUT2D eigenvalue weighted by Gasteiger charge is 2.26. The number of aliphatic imine (C=N–C) groups is 1. The van der Waals surface area contributed by atoms with Gasteiger partial charge in [-0.1, -0.05) is 11.6 Å². The molecule has 1 amide bonds. The summed E-state index contributed by atoms with van der Waals surface area (Å²) in [7, 11) is 3.36. The molecule has 0 aliphatic heterocycles. The van der Waals surface area contributed by atoms with E-state index in [0.29, 0.717) is 12.5 Å². The Labute approximate surface area is 170 Å². The maximum Gasteiger partial charge on any atom is 0.227 e. The molecule has 0 saturated heterocycles. The van der Waals surface area contributed by atoms with Crippen LogP contribution in [0.4, 0.5) is 0 Å². The van der Waals surface area contributed by atoms with Gasteiger partial charge in [0.15, 0.2) is 5.96 Å². The van der Waals surface area contributed by atoms with Crippen LogP contribution in [0.3, 0.4) is 0 Å². The van der Waals surface area contributed by atoms with Crippen molar-refractivity contribution in [1.29, 1.82) is 0 Å². The SMILES string of the molecule is CN=C(NCCSc1ccc(Cl)cc1)NCC(C)(C)C(=O)NC.I. The quantitative estimate of drug-likeness (QED) is 0.183. The van der Waals surface area contributed by atoms with Crippen molar-refractivity contribution in [2.75, 3.05) is 32.9 Å². The first-order valence-electron chi connectivity index (χ1n) is 7.44. The topological polar surface area (TPSA) is 65.5 Å². The van der Waals surface area contributed by atoms with Crippen LogP contribution in [0, 0.1) is 5.41 Å². The average Bonchev–Trinajstić information content (AvgIpc) is 2.55. The number of carbonyl (C=O) groups is 1. The number of halogens is 2. The summed E-state index contributed by atoms with van der Waals surface area (Å²) >= 11 is 7.61. The van der Waals surface area contributed by atoms with Gasteiger partial charge >= 0.3 is 0 Å². The monoisotopic (exact) mass is 484 g/mol. The molecule has 0 atom stereocenters. The highest BCUT2D eigenvalue weighted by molar-refractivity contribution is 14.0. The Morgan fingerprint density at radius 3 is 2.42 bits per heavy atom. The van der Waals surface area contributed by atoms with Crippen LogP contribution in [0.2, 0.25) is 5.02 Å². The molecule has 24 heavy (non-hydrogen) atoms. The van der Waals surface area contributed by atoms with Crippen LogP contribution < -0.4 is 16.0 Å². The molecule has 0 saturated carbocycles. The minimum Gasteiger partial charge on any atom is -0.359 e. The van der Waals surface area contributed by atoms with Crippen LogP contribution in [0.25, 0.3) is 0 Å². The molecule has 0 fully saturated rings. The first-order valence-corrected chi connectivity index (χ1v) is 8.80. The van der Waals surface area contributed by atoms with Crippen LogP contribution in [0.1, 0.15) is 13.8 Å². The molecule has 0 aliphatic carbocycles. The summed E-state index contributed by atoms with van der Waals surface area (Å²) in [6, 6.07) is 7.79. The van der Waals surface area contributed by atoms with Gasteiger partial charge in [-0.25, -0.2) is 0 Å². The molecular weight excluding hydrogens is 459 g/mol. The molecule has 1 rings (SSSR count). The third kappa shape index (κ3) is 8.43. The molecule has 0 spiro atoms. The number of hydrogen-bond donors (Lipinski definition) is 3. The van der Waals surface area contributed by atoms with E-state index >= 15 is 0 Å². The van der Waals surface area contributed by atoms with Crippen molar-refractivity contribution < 1.29 is 4.79 Å². The van der Waals surface area contributed by atoms with Gasteiger partial charge in [0.2, 0.25) is 5.91 Å². The number of hydrogen-bond acceptors (Lipinski definition) is 3. The first kappa shape index (κ1) is 23.3. The molecule has 0 aliphatic rings. The molecule has 3 N–H and O–H groups in total. The lowest BCUT2D eigenvalue weighted by atomic mass is 9.92. The van der Waals surface area contributed by atoms with E-state index in [1.54, 1.807) is 25.9 Å². The molecule has 1 aromatic carbocycles. The molecule has 0 radical (unpaired) electrons. The Morgan fingerprint density at radius 1 is 1.25 bits per heavy atom. The van der Waals surface area contributed by atoms with Crippen LogP contribution in [0.5, 0.6) is 0 Å². The Balaban J connectivity index is 0.00000529. The highest BCUT2D eigenvalue weighted by Crippen LogP contribution is 2.19. The summed E-state index contributed by atoms with van der Waals surface area (Å²) in [4.78, 5) is 17.1. The number of guanidine groups is 1. The molecule has 0 bridgehead atoms. The lowest BCUT2D eigenvalue weighted by Crippen LogP contribution is -2.47. The van der Waals surface area contributed by atoms with E-state index in [1.807, 2.05) is 38.1 Å². The molecule has 0 heterocycles. The smallest absolute Gasteiger partial charge is 0.227 e. The Morgan fingerprint density at radius 2 is 1.88 bits per heavy atom. The second-order valence-electron chi connectivity index (χ2n) is 5.62. The number of carbonyl (C=O) groups excluding carboxylic acids is 1. The maximum atomic E-state index is 11.8. The molecule has 0 unspecified atom stereocenters. The largest absolute Gasteiger partial charge is 0.359 e. The second-order valence-corrected chi connectivity index (χ2v) is 7.22. The average molecular weight is 485 g/mol. The fourth-order valence-corrected chi connectivity index (χ4v) is 2.71. The third-order valence-corrected chi connectivity index (χ3v) is 4.51. The van der Waals surface area contributed by atoms with Crippen molar-refractivity contribution in [1.82, 2.24) is 16.0 Å². The van der Waals surface area contributed by atoms with Crippen LogP contribution in [-0.2, 0) is 4.79 Å². The van der Waals surface area contributed by atoms with E-state index < -0.39 is 5.41 Å². The number of amides is 1. The van der Waals surface area contributed by atoms with Crippen LogP contribution >= 0.6 is 47.3 Å². The predicted octanol–water partition coefficient (Wildman–Crippen LogP) is 2.99. The Hall–Kier alpha value is -0.670. The fourth-order valence-electron chi connectivity index (χ4n) is 1.81. The number of rotatable bonds is 7. The van der Waals surface area contributed by atoms with Gasteiger partial charge in [0, 0.05) is 42.9 Å². The minimum atomic E-state index is -0.496. The van der Waals surface area contributed by atoms with Gasteiger partial charge in [0.05, 0.1) is 5.41 Å². The minimum absolute atomic E-state index is 0. The highest BCUT2D eigenvalue weighted by atomic mass is 127. The molecule has 0 aromatic heterocycles. The summed E-state index contributed by atoms with van der Waals surface area (Å²) in [6.07, 6.45) is 0. The summed E-state index contributed by atoms with van der Waals surface area (Å²) < 4.78 is 0. The van der Waals surface area contributed by atoms with Crippen molar-refractivity contribution in [3.63, 3.8) is 0 Å². The summed E-state index contributed by atoms with van der Waals surface area (Å²) in [5.41, 5.74) is -0.496. The van der Waals surface area contributed by atoms with Crippen molar-refractivity contribution in [2.24, 2.45) is 10.4 Å². The molecular formula is C16H26ClIN4OS. The lowest BCUT2D eigenvalue weighted by molar-refractivity contribution is -0.128. The fraction of sp³-hybridized carbons (Fsp3) is 0.500. The zero-order chi connectivity index (χ0) is 17.3. The van der Waals surface area contributed by atoms with E-state index in [0.717, 1.165) is 17.3 Å². The van der Waals surface area contributed by atoms with Crippen molar-refractivity contribution >= 4 is 59.2 Å². The lowest BCUT2D eigenvalue weighted by Gasteiger charge is -2.24. The number of thioether (sulfide) groups is 1. The standard InChI is InChI=1S/C16H25ClN4OS.HI/c1-16(2,14(22)18-3)11-21-15(19-4)20-9-10-23-13-7-5-12(17)6-8-13;/h5-8H,9-11H2,1-4H3,(H,18,22)(H2,19,20,21);1H. The number of benzene rings is 1. The zero-order valence-electron chi connectivity index (χ0n) is 14.5. The van der Waals surface area contributed by atoms with Gasteiger partial charge < -0.3 is 16.0 Å². The van der Waals surface area contributed by atoms with Gasteiger partial charge in [0.1, 0.15) is 0 Å². The number of nitrogens with zero attached hydrogens (tertiary/aromatic N) is 1. The van der Waals surface area contributed by atoms with Crippen molar-refractivity contribution in [3.05, 3.63) is 29.3 Å². The van der Waals surface area contributed by atoms with Crippen molar-refractivity contribution in [3.8, 4) is 0 Å². The first-order chi connectivity index (χ1) is 10.9. The normalized spacial score (nSPS) is 11.5. The summed E-state index contributed by atoms with van der Waals surface area (Å²) in [5, 5.41) is 9.84. The van der Waals surface area contributed by atoms with E-state index in [2.05, 4.69) is 20.9 Å². The van der Waals surface area contributed by atoms with Gasteiger partial charge in [-0.3, -0.25) is 9.79 Å².